The first kappa shape index (κ1) is 10.9. The van der Waals surface area contributed by atoms with Crippen molar-refractivity contribution in [3.63, 3.8) is 0 Å². The Morgan fingerprint density at radius 2 is 2.00 bits per heavy atom. The van der Waals surface area contributed by atoms with Gasteiger partial charge in [-0.15, -0.1) is 0 Å². The van der Waals surface area contributed by atoms with Gasteiger partial charge in [0.05, 0.1) is 6.61 Å². The molecule has 1 aromatic carbocycles. The second kappa shape index (κ2) is 3.93. The van der Waals surface area contributed by atoms with Gasteiger partial charge in [-0.1, -0.05) is 39.0 Å². The van der Waals surface area contributed by atoms with E-state index in [0.29, 0.717) is 5.56 Å². The van der Waals surface area contributed by atoms with Crippen molar-refractivity contribution in [2.45, 2.75) is 27.4 Å². The second-order valence-corrected chi connectivity index (χ2v) is 4.44. The maximum Gasteiger partial charge on any atom is 0.168 e. The van der Waals surface area contributed by atoms with Crippen LogP contribution in [0.1, 0.15) is 36.7 Å². The maximum atomic E-state index is 11.9. The number of rotatable bonds is 2. The Morgan fingerprint density at radius 1 is 1.36 bits per heavy atom. The van der Waals surface area contributed by atoms with Crippen LogP contribution in [-0.2, 0) is 6.61 Å². The molecule has 0 aromatic heterocycles. The van der Waals surface area contributed by atoms with Gasteiger partial charge in [-0.25, -0.2) is 0 Å². The molecule has 0 saturated carbocycles. The van der Waals surface area contributed by atoms with Crippen molar-refractivity contribution >= 4 is 5.78 Å². The highest BCUT2D eigenvalue weighted by Crippen LogP contribution is 2.21. The third-order valence-corrected chi connectivity index (χ3v) is 2.05. The van der Waals surface area contributed by atoms with Gasteiger partial charge in [-0.3, -0.25) is 4.79 Å². The van der Waals surface area contributed by atoms with E-state index in [0.717, 1.165) is 5.56 Å². The number of Topliss-reactive ketones (excluding diaryl/α,β-unsaturated/α-hetero) is 1. The number of carbonyl (C=O) groups is 1. The molecule has 0 atom stereocenters. The molecule has 0 bridgehead atoms. The van der Waals surface area contributed by atoms with E-state index in [9.17, 15) is 4.79 Å². The van der Waals surface area contributed by atoms with Crippen molar-refractivity contribution in [3.05, 3.63) is 35.4 Å². The van der Waals surface area contributed by atoms with E-state index in [1.165, 1.54) is 0 Å². The summed E-state index contributed by atoms with van der Waals surface area (Å²) in [5.41, 5.74) is 1.08. The Balaban J connectivity index is 3.02. The predicted molar refractivity (Wildman–Crippen MR) is 56.2 cm³/mol. The van der Waals surface area contributed by atoms with Crippen LogP contribution in [0, 0.1) is 5.41 Å². The number of aliphatic hydroxyl groups is 1. The zero-order chi connectivity index (χ0) is 10.8. The van der Waals surface area contributed by atoms with Crippen molar-refractivity contribution in [1.82, 2.24) is 0 Å². The minimum absolute atomic E-state index is 0.0226. The van der Waals surface area contributed by atoms with E-state index in [-0.39, 0.29) is 17.8 Å². The summed E-state index contributed by atoms with van der Waals surface area (Å²) in [6.07, 6.45) is 0. The molecule has 0 amide bonds. The fraction of sp³-hybridized carbons (Fsp3) is 0.417. The number of hydrogen-bond acceptors (Lipinski definition) is 2. The lowest BCUT2D eigenvalue weighted by Crippen LogP contribution is -2.20. The van der Waals surface area contributed by atoms with E-state index in [1.807, 2.05) is 20.8 Å². The summed E-state index contributed by atoms with van der Waals surface area (Å²) in [4.78, 5) is 11.9. The number of hydrogen-bond donors (Lipinski definition) is 1. The molecule has 2 heteroatoms. The molecule has 1 N–H and O–H groups in total. The average Bonchev–Trinajstić information content (AvgIpc) is 2.15. The van der Waals surface area contributed by atoms with Gasteiger partial charge in [-0.2, -0.15) is 0 Å². The smallest absolute Gasteiger partial charge is 0.168 e. The quantitative estimate of drug-likeness (QED) is 0.730. The monoisotopic (exact) mass is 192 g/mol. The van der Waals surface area contributed by atoms with Crippen LogP contribution in [0.15, 0.2) is 24.3 Å². The molecule has 0 aliphatic heterocycles. The largest absolute Gasteiger partial charge is 0.392 e. The van der Waals surface area contributed by atoms with Crippen molar-refractivity contribution in [2.24, 2.45) is 5.41 Å². The normalized spacial score (nSPS) is 11.4. The molecule has 14 heavy (non-hydrogen) atoms. The van der Waals surface area contributed by atoms with Crippen LogP contribution in [0.5, 0.6) is 0 Å². The number of carbonyl (C=O) groups excluding carboxylic acids is 1. The van der Waals surface area contributed by atoms with E-state index in [1.54, 1.807) is 24.3 Å². The topological polar surface area (TPSA) is 37.3 Å². The third-order valence-electron chi connectivity index (χ3n) is 2.05. The summed E-state index contributed by atoms with van der Waals surface area (Å²) in [5.74, 6) is 0.104. The minimum Gasteiger partial charge on any atom is -0.392 e. The maximum absolute atomic E-state index is 11.9. The fourth-order valence-electron chi connectivity index (χ4n) is 1.24. The standard InChI is InChI=1S/C12H16O2/c1-12(2,3)11(14)10-6-4-5-9(7-10)8-13/h4-7,13H,8H2,1-3H3. The molecule has 0 unspecified atom stereocenters. The van der Waals surface area contributed by atoms with Crippen LogP contribution in [0.25, 0.3) is 0 Å². The molecule has 1 aromatic rings. The van der Waals surface area contributed by atoms with Gasteiger partial charge >= 0.3 is 0 Å². The first-order valence-electron chi connectivity index (χ1n) is 4.70. The highest BCUT2D eigenvalue weighted by atomic mass is 16.3. The van der Waals surface area contributed by atoms with Crippen LogP contribution in [0.2, 0.25) is 0 Å². The Bertz CT molecular complexity index is 334. The Kier molecular flexibility index (Phi) is 3.06. The molecule has 0 saturated heterocycles. The summed E-state index contributed by atoms with van der Waals surface area (Å²) in [6, 6.07) is 7.13. The third kappa shape index (κ3) is 2.42. The van der Waals surface area contributed by atoms with Crippen molar-refractivity contribution in [1.29, 1.82) is 0 Å². The average molecular weight is 192 g/mol. The SMILES string of the molecule is CC(C)(C)C(=O)c1cccc(CO)c1. The summed E-state index contributed by atoms with van der Waals surface area (Å²) < 4.78 is 0. The fourth-order valence-corrected chi connectivity index (χ4v) is 1.24. The Morgan fingerprint density at radius 3 is 2.50 bits per heavy atom. The van der Waals surface area contributed by atoms with E-state index in [2.05, 4.69) is 0 Å². The number of benzene rings is 1. The molecule has 0 fully saturated rings. The summed E-state index contributed by atoms with van der Waals surface area (Å²) in [5, 5.41) is 8.94. The lowest BCUT2D eigenvalue weighted by Gasteiger charge is -2.16. The first-order chi connectivity index (χ1) is 6.45. The van der Waals surface area contributed by atoms with Crippen LogP contribution < -0.4 is 0 Å². The van der Waals surface area contributed by atoms with Crippen molar-refractivity contribution in [2.75, 3.05) is 0 Å². The Labute approximate surface area is 84.6 Å². The molecule has 2 nitrogen and oxygen atoms in total. The molecular weight excluding hydrogens is 176 g/mol. The zero-order valence-electron chi connectivity index (χ0n) is 8.87. The van der Waals surface area contributed by atoms with Gasteiger partial charge in [0.25, 0.3) is 0 Å². The van der Waals surface area contributed by atoms with Gasteiger partial charge in [0.1, 0.15) is 0 Å². The molecule has 0 radical (unpaired) electrons. The molecule has 0 spiro atoms. The van der Waals surface area contributed by atoms with Gasteiger partial charge in [0.2, 0.25) is 0 Å². The lowest BCUT2D eigenvalue weighted by molar-refractivity contribution is 0.0858. The molecule has 0 aliphatic rings. The highest BCUT2D eigenvalue weighted by Gasteiger charge is 2.22. The van der Waals surface area contributed by atoms with E-state index < -0.39 is 0 Å². The van der Waals surface area contributed by atoms with Crippen LogP contribution >= 0.6 is 0 Å². The first-order valence-corrected chi connectivity index (χ1v) is 4.70. The van der Waals surface area contributed by atoms with Gasteiger partial charge in [0, 0.05) is 11.0 Å². The summed E-state index contributed by atoms with van der Waals surface area (Å²) in [6.45, 7) is 5.65. The van der Waals surface area contributed by atoms with Gasteiger partial charge < -0.3 is 5.11 Å². The lowest BCUT2D eigenvalue weighted by atomic mass is 9.86. The molecule has 0 aliphatic carbocycles. The Hall–Kier alpha value is -1.15. The highest BCUT2D eigenvalue weighted by molar-refractivity contribution is 5.99. The zero-order valence-corrected chi connectivity index (χ0v) is 8.87. The van der Waals surface area contributed by atoms with Crippen LogP contribution in [0.4, 0.5) is 0 Å². The summed E-state index contributed by atoms with van der Waals surface area (Å²) in [7, 11) is 0. The number of aliphatic hydroxyl groups excluding tert-OH is 1. The molecular formula is C12H16O2. The van der Waals surface area contributed by atoms with Crippen molar-refractivity contribution in [3.8, 4) is 0 Å². The second-order valence-electron chi connectivity index (χ2n) is 4.44. The minimum atomic E-state index is -0.367. The molecule has 76 valence electrons. The van der Waals surface area contributed by atoms with E-state index >= 15 is 0 Å². The van der Waals surface area contributed by atoms with Crippen LogP contribution in [-0.4, -0.2) is 10.9 Å². The molecule has 0 heterocycles. The molecule has 1 rings (SSSR count). The van der Waals surface area contributed by atoms with Crippen LogP contribution in [0.3, 0.4) is 0 Å². The predicted octanol–water partition coefficient (Wildman–Crippen LogP) is 2.41. The summed E-state index contributed by atoms with van der Waals surface area (Å²) >= 11 is 0. The van der Waals surface area contributed by atoms with Gasteiger partial charge in [0.15, 0.2) is 5.78 Å². The van der Waals surface area contributed by atoms with Crippen molar-refractivity contribution < 1.29 is 9.90 Å². The van der Waals surface area contributed by atoms with E-state index in [4.69, 9.17) is 5.11 Å². The number of ketones is 1. The van der Waals surface area contributed by atoms with Gasteiger partial charge in [-0.05, 0) is 11.6 Å².